The van der Waals surface area contributed by atoms with Gasteiger partial charge in [0.05, 0.1) is 18.4 Å². The zero-order valence-electron chi connectivity index (χ0n) is 9.58. The van der Waals surface area contributed by atoms with Gasteiger partial charge in [-0.05, 0) is 11.5 Å². The number of esters is 1. The number of rotatable bonds is 2. The van der Waals surface area contributed by atoms with Gasteiger partial charge in [-0.15, -0.1) is 0 Å². The van der Waals surface area contributed by atoms with E-state index in [1.165, 1.54) is 7.11 Å². The van der Waals surface area contributed by atoms with Crippen LogP contribution >= 0.6 is 15.9 Å². The van der Waals surface area contributed by atoms with Crippen molar-refractivity contribution in [3.8, 4) is 0 Å². The molecule has 0 bridgehead atoms. The van der Waals surface area contributed by atoms with Crippen molar-refractivity contribution in [1.82, 2.24) is 0 Å². The van der Waals surface area contributed by atoms with Crippen molar-refractivity contribution in [2.45, 2.75) is 0 Å². The summed E-state index contributed by atoms with van der Waals surface area (Å²) >= 11 is 3.47. The van der Waals surface area contributed by atoms with Gasteiger partial charge in [0.15, 0.2) is 0 Å². The van der Waals surface area contributed by atoms with Crippen LogP contribution in [0.25, 0.3) is 10.8 Å². The van der Waals surface area contributed by atoms with Crippen LogP contribution in [0.3, 0.4) is 0 Å². The molecule has 2 aromatic carbocycles. The van der Waals surface area contributed by atoms with Crippen molar-refractivity contribution in [3.05, 3.63) is 40.4 Å². The molecule has 0 atom stereocenters. The van der Waals surface area contributed by atoms with Crippen LogP contribution in [0.2, 0.25) is 0 Å². The summed E-state index contributed by atoms with van der Waals surface area (Å²) in [4.78, 5) is 11.7. The summed E-state index contributed by atoms with van der Waals surface area (Å²) in [5, 5.41) is 5.11. The first-order valence-electron chi connectivity index (χ1n) is 5.16. The molecule has 0 heterocycles. The van der Waals surface area contributed by atoms with Crippen LogP contribution in [-0.4, -0.2) is 20.1 Å². The third-order valence-corrected chi connectivity index (χ3v) is 3.31. The zero-order valence-corrected chi connectivity index (χ0v) is 11.2. The van der Waals surface area contributed by atoms with E-state index in [4.69, 9.17) is 4.74 Å². The zero-order chi connectivity index (χ0) is 12.4. The van der Waals surface area contributed by atoms with Gasteiger partial charge in [0.2, 0.25) is 0 Å². The number of benzene rings is 2. The summed E-state index contributed by atoms with van der Waals surface area (Å²) in [5.74, 6) is -0.346. The molecule has 88 valence electrons. The number of carbonyl (C=O) groups excluding carboxylic acids is 1. The van der Waals surface area contributed by atoms with Gasteiger partial charge in [-0.3, -0.25) is 0 Å². The predicted molar refractivity (Wildman–Crippen MR) is 72.5 cm³/mol. The van der Waals surface area contributed by atoms with Crippen LogP contribution in [0.1, 0.15) is 10.4 Å². The Morgan fingerprint density at radius 2 is 1.94 bits per heavy atom. The average Bonchev–Trinajstić information content (AvgIpc) is 2.38. The van der Waals surface area contributed by atoms with E-state index in [2.05, 4.69) is 21.2 Å². The van der Waals surface area contributed by atoms with Crippen molar-refractivity contribution in [2.24, 2.45) is 0 Å². The lowest BCUT2D eigenvalue weighted by Crippen LogP contribution is -2.06. The predicted octanol–water partition coefficient (Wildman–Crippen LogP) is 3.43. The maximum atomic E-state index is 11.7. The highest BCUT2D eigenvalue weighted by Gasteiger charge is 2.15. The molecule has 3 nitrogen and oxygen atoms in total. The average molecular weight is 294 g/mol. The first-order chi connectivity index (χ1) is 8.19. The number of hydrogen-bond acceptors (Lipinski definition) is 3. The molecule has 0 amide bonds. The second-order valence-corrected chi connectivity index (χ2v) is 4.42. The Morgan fingerprint density at radius 1 is 1.29 bits per heavy atom. The topological polar surface area (TPSA) is 38.3 Å². The number of nitrogens with one attached hydrogen (secondary N) is 1. The maximum Gasteiger partial charge on any atom is 0.340 e. The van der Waals surface area contributed by atoms with E-state index >= 15 is 0 Å². The summed E-state index contributed by atoms with van der Waals surface area (Å²) in [6, 6.07) is 9.65. The third kappa shape index (κ3) is 2.00. The van der Waals surface area contributed by atoms with Gasteiger partial charge < -0.3 is 10.1 Å². The summed E-state index contributed by atoms with van der Waals surface area (Å²) in [7, 11) is 3.17. The molecular formula is C13H12BrNO2. The van der Waals surface area contributed by atoms with Crippen LogP contribution in [0.5, 0.6) is 0 Å². The normalized spacial score (nSPS) is 10.3. The van der Waals surface area contributed by atoms with Gasteiger partial charge in [-0.2, -0.15) is 0 Å². The quantitative estimate of drug-likeness (QED) is 0.862. The number of anilines is 1. The molecule has 0 fully saturated rings. The first-order valence-corrected chi connectivity index (χ1v) is 5.95. The monoisotopic (exact) mass is 293 g/mol. The summed E-state index contributed by atoms with van der Waals surface area (Å²) in [5.41, 5.74) is 1.32. The van der Waals surface area contributed by atoms with Crippen LogP contribution in [0, 0.1) is 0 Å². The Kier molecular flexibility index (Phi) is 3.33. The number of methoxy groups -OCH3 is 1. The molecular weight excluding hydrogens is 282 g/mol. The molecule has 0 aliphatic rings. The molecule has 2 aromatic rings. The van der Waals surface area contributed by atoms with Crippen LogP contribution in [-0.2, 0) is 4.74 Å². The van der Waals surface area contributed by atoms with Crippen molar-refractivity contribution < 1.29 is 9.53 Å². The molecule has 0 aromatic heterocycles. The molecule has 2 rings (SSSR count). The fraction of sp³-hybridized carbons (Fsp3) is 0.154. The minimum absolute atomic E-state index is 0.346. The van der Waals surface area contributed by atoms with Gasteiger partial charge in [0.25, 0.3) is 0 Å². The molecule has 17 heavy (non-hydrogen) atoms. The summed E-state index contributed by atoms with van der Waals surface area (Å²) < 4.78 is 5.66. The minimum atomic E-state index is -0.346. The Hall–Kier alpha value is -1.55. The van der Waals surface area contributed by atoms with Crippen LogP contribution in [0.4, 0.5) is 5.69 Å². The van der Waals surface area contributed by atoms with Crippen molar-refractivity contribution in [3.63, 3.8) is 0 Å². The lowest BCUT2D eigenvalue weighted by molar-refractivity contribution is 0.0602. The van der Waals surface area contributed by atoms with Crippen molar-refractivity contribution >= 4 is 38.4 Å². The number of ether oxygens (including phenoxy) is 1. The molecule has 0 spiro atoms. The Labute approximate surface area is 108 Å². The van der Waals surface area contributed by atoms with Gasteiger partial charge >= 0.3 is 5.97 Å². The number of halogens is 1. The molecule has 0 aliphatic carbocycles. The Morgan fingerprint density at radius 3 is 2.53 bits per heavy atom. The van der Waals surface area contributed by atoms with Gasteiger partial charge in [0, 0.05) is 16.9 Å². The van der Waals surface area contributed by atoms with E-state index in [0.717, 1.165) is 20.9 Å². The molecule has 0 aliphatic heterocycles. The van der Waals surface area contributed by atoms with E-state index in [1.54, 1.807) is 13.1 Å². The number of fused-ring (bicyclic) bond motifs is 1. The highest BCUT2D eigenvalue weighted by atomic mass is 79.9. The smallest absolute Gasteiger partial charge is 0.340 e. The Bertz CT molecular complexity index is 581. The lowest BCUT2D eigenvalue weighted by Gasteiger charge is -2.12. The molecule has 0 radical (unpaired) electrons. The molecule has 4 heteroatoms. The van der Waals surface area contributed by atoms with Gasteiger partial charge in [-0.1, -0.05) is 40.2 Å². The van der Waals surface area contributed by atoms with E-state index in [0.29, 0.717) is 5.56 Å². The van der Waals surface area contributed by atoms with Crippen LogP contribution in [0.15, 0.2) is 34.8 Å². The van der Waals surface area contributed by atoms with E-state index < -0.39 is 0 Å². The highest BCUT2D eigenvalue weighted by Crippen LogP contribution is 2.33. The van der Waals surface area contributed by atoms with E-state index in [1.807, 2.05) is 24.3 Å². The SMILES string of the molecule is CNc1c(C(=O)OC)cc(Br)c2ccccc12. The van der Waals surface area contributed by atoms with Gasteiger partial charge in [0.1, 0.15) is 0 Å². The fourth-order valence-electron chi connectivity index (χ4n) is 1.87. The molecule has 1 N–H and O–H groups in total. The lowest BCUT2D eigenvalue weighted by atomic mass is 10.0. The fourth-order valence-corrected chi connectivity index (χ4v) is 2.45. The number of carbonyl (C=O) groups is 1. The van der Waals surface area contributed by atoms with Crippen LogP contribution < -0.4 is 5.32 Å². The molecule has 0 unspecified atom stereocenters. The van der Waals surface area contributed by atoms with Crippen molar-refractivity contribution in [2.75, 3.05) is 19.5 Å². The highest BCUT2D eigenvalue weighted by molar-refractivity contribution is 9.10. The second-order valence-electron chi connectivity index (χ2n) is 3.57. The first kappa shape index (κ1) is 11.9. The second kappa shape index (κ2) is 4.75. The number of hydrogen-bond donors (Lipinski definition) is 1. The molecule has 0 saturated heterocycles. The standard InChI is InChI=1S/C13H12BrNO2/c1-15-12-9-6-4-3-5-8(9)11(14)7-10(12)13(16)17-2/h3-7,15H,1-2H3. The maximum absolute atomic E-state index is 11.7. The minimum Gasteiger partial charge on any atom is -0.465 e. The largest absolute Gasteiger partial charge is 0.465 e. The Balaban J connectivity index is 2.82. The molecule has 0 saturated carbocycles. The van der Waals surface area contributed by atoms with E-state index in [-0.39, 0.29) is 5.97 Å². The summed E-state index contributed by atoms with van der Waals surface area (Å²) in [6.45, 7) is 0. The third-order valence-electron chi connectivity index (χ3n) is 2.65. The van der Waals surface area contributed by atoms with E-state index in [9.17, 15) is 4.79 Å². The van der Waals surface area contributed by atoms with Crippen molar-refractivity contribution in [1.29, 1.82) is 0 Å². The summed E-state index contributed by atoms with van der Waals surface area (Å²) in [6.07, 6.45) is 0. The van der Waals surface area contributed by atoms with Gasteiger partial charge in [-0.25, -0.2) is 4.79 Å².